The van der Waals surface area contributed by atoms with Gasteiger partial charge in [0, 0.05) is 0 Å². The predicted molar refractivity (Wildman–Crippen MR) is 121 cm³/mol. The van der Waals surface area contributed by atoms with E-state index in [0.29, 0.717) is 13.0 Å². The number of hydrogen-bond acceptors (Lipinski definition) is 6. The van der Waals surface area contributed by atoms with Crippen LogP contribution in [0.25, 0.3) is 0 Å². The van der Waals surface area contributed by atoms with E-state index in [9.17, 15) is 9.59 Å². The number of hydrogen-bond donors (Lipinski definition) is 2. The first-order valence-corrected chi connectivity index (χ1v) is 13.7. The number of nitrogens with zero attached hydrogens (tertiary/aromatic N) is 1. The van der Waals surface area contributed by atoms with Crippen molar-refractivity contribution >= 4 is 32.1 Å². The van der Waals surface area contributed by atoms with Gasteiger partial charge in [-0.15, -0.1) is 0 Å². The van der Waals surface area contributed by atoms with E-state index < -0.39 is 12.0 Å². The number of aromatic nitrogens is 1. The first-order chi connectivity index (χ1) is 15.1. The van der Waals surface area contributed by atoms with Crippen molar-refractivity contribution in [3.63, 3.8) is 0 Å². The van der Waals surface area contributed by atoms with E-state index in [2.05, 4.69) is 33.5 Å². The van der Waals surface area contributed by atoms with Crippen molar-refractivity contribution in [1.29, 1.82) is 0 Å². The van der Waals surface area contributed by atoms with Crippen LogP contribution in [0.4, 0.5) is 0 Å². The molecule has 1 aromatic heterocycles. The van der Waals surface area contributed by atoms with E-state index >= 15 is 0 Å². The first kappa shape index (κ1) is 23.3. The van der Waals surface area contributed by atoms with Gasteiger partial charge in [0.25, 0.3) is 0 Å². The molecule has 0 aliphatic carbocycles. The van der Waals surface area contributed by atoms with Crippen molar-refractivity contribution in [2.45, 2.75) is 43.5 Å². The summed E-state index contributed by atoms with van der Waals surface area (Å²) in [6.07, 6.45) is 2.87. The van der Waals surface area contributed by atoms with Gasteiger partial charge in [-0.1, -0.05) is 0 Å². The van der Waals surface area contributed by atoms with E-state index in [0.717, 1.165) is 42.8 Å². The fourth-order valence-corrected chi connectivity index (χ4v) is 4.59. The zero-order valence-electron chi connectivity index (χ0n) is 18.0. The molecule has 0 saturated carbocycles. The van der Waals surface area contributed by atoms with Crippen LogP contribution in [0.1, 0.15) is 24.1 Å². The van der Waals surface area contributed by atoms with Gasteiger partial charge in [-0.2, -0.15) is 0 Å². The van der Waals surface area contributed by atoms with Crippen LogP contribution >= 0.6 is 0 Å². The summed E-state index contributed by atoms with van der Waals surface area (Å²) in [6.45, 7) is 1.37. The molecule has 1 aliphatic rings. The Balaban J connectivity index is 1.52. The number of ether oxygens (including phenoxy) is 2. The third-order valence-corrected chi connectivity index (χ3v) is 6.89. The summed E-state index contributed by atoms with van der Waals surface area (Å²) < 4.78 is 11.9. The number of methoxy groups -OCH3 is 1. The number of amides is 1. The van der Waals surface area contributed by atoms with Gasteiger partial charge < -0.3 is 15.4 Å². The molecule has 1 amide bonds. The molecular weight excluding hydrogens is 457 g/mol. The van der Waals surface area contributed by atoms with E-state index in [1.807, 2.05) is 30.3 Å². The Labute approximate surface area is 190 Å². The summed E-state index contributed by atoms with van der Waals surface area (Å²) in [5.74, 6) is 0.157. The number of rotatable bonds is 10. The average molecular weight is 487 g/mol. The van der Waals surface area contributed by atoms with E-state index in [-0.39, 0.29) is 27.7 Å². The zero-order valence-corrected chi connectivity index (χ0v) is 20.1. The minimum absolute atomic E-state index is 0.136. The van der Waals surface area contributed by atoms with Crippen LogP contribution in [0.2, 0.25) is 5.71 Å². The Morgan fingerprint density at radius 1 is 1.26 bits per heavy atom. The fourth-order valence-electron chi connectivity index (χ4n) is 3.51. The summed E-state index contributed by atoms with van der Waals surface area (Å²) in [6, 6.07) is 12.8. The summed E-state index contributed by atoms with van der Waals surface area (Å²) in [7, 11) is 1.33. The predicted octanol–water partition coefficient (Wildman–Crippen LogP) is 0.765. The van der Waals surface area contributed by atoms with Crippen LogP contribution in [0, 0.1) is 0 Å². The second kappa shape index (κ2) is 11.9. The van der Waals surface area contributed by atoms with Gasteiger partial charge in [-0.05, 0) is 19.4 Å². The maximum absolute atomic E-state index is 12.4. The number of pyridine rings is 1. The van der Waals surface area contributed by atoms with Gasteiger partial charge in [-0.3, -0.25) is 4.79 Å². The van der Waals surface area contributed by atoms with Crippen LogP contribution < -0.4 is 19.9 Å². The molecule has 0 spiro atoms. The molecule has 3 atom stereocenters. The molecule has 0 bridgehead atoms. The molecule has 7 nitrogen and oxygen atoms in total. The molecule has 2 unspecified atom stereocenters. The van der Waals surface area contributed by atoms with Crippen LogP contribution in [-0.4, -0.2) is 65.0 Å². The largest absolute Gasteiger partial charge is 0.341 e. The van der Waals surface area contributed by atoms with Gasteiger partial charge in [0.15, 0.2) is 0 Å². The Morgan fingerprint density at radius 2 is 2.06 bits per heavy atom. The fraction of sp³-hybridized carbons (Fsp3) is 0.435. The van der Waals surface area contributed by atoms with Crippen molar-refractivity contribution in [1.82, 2.24) is 15.6 Å². The van der Waals surface area contributed by atoms with Crippen LogP contribution in [0.3, 0.4) is 0 Å². The molecule has 2 heterocycles. The van der Waals surface area contributed by atoms with Gasteiger partial charge in [-0.25, -0.2) is 4.79 Å². The third kappa shape index (κ3) is 7.08. The van der Waals surface area contributed by atoms with Gasteiger partial charge >= 0.3 is 127 Å². The Hall–Kier alpha value is -2.37. The van der Waals surface area contributed by atoms with Crippen molar-refractivity contribution in [3.8, 4) is 5.75 Å². The smallest absolute Gasteiger partial charge is 0.237 e. The molecule has 2 aromatic rings. The van der Waals surface area contributed by atoms with Gasteiger partial charge in [0.2, 0.25) is 5.91 Å². The number of carbonyl (C=O) groups excluding carboxylic acids is 2. The van der Waals surface area contributed by atoms with E-state index in [4.69, 9.17) is 9.47 Å². The van der Waals surface area contributed by atoms with Crippen LogP contribution in [0.5, 0.6) is 5.75 Å². The van der Waals surface area contributed by atoms with E-state index in [1.54, 1.807) is 0 Å². The summed E-state index contributed by atoms with van der Waals surface area (Å²) >= 11 is -0.136. The summed E-state index contributed by atoms with van der Waals surface area (Å²) in [5.41, 5.74) is 4.18. The van der Waals surface area contributed by atoms with Crippen LogP contribution in [-0.2, 0) is 27.2 Å². The molecule has 2 N–H and O–H groups in total. The van der Waals surface area contributed by atoms with Gasteiger partial charge in [0.05, 0.1) is 13.2 Å². The van der Waals surface area contributed by atoms with Crippen molar-refractivity contribution in [3.05, 3.63) is 53.7 Å². The monoisotopic (exact) mass is 487 g/mol. The maximum atomic E-state index is 12.4. The molecular formula is C23H30AsN3O4. The van der Waals surface area contributed by atoms with Crippen molar-refractivity contribution < 1.29 is 19.1 Å². The first-order valence-electron chi connectivity index (χ1n) is 10.6. The SMILES string of the molecule is COC(=O)[C@H](Cc1ccc(OCCc2cccc([AsH]C)n2)cc1)NC(=O)C1CCCN1. The number of nitrogens with one attached hydrogen (secondary N) is 2. The number of benzene rings is 1. The van der Waals surface area contributed by atoms with Crippen LogP contribution in [0.15, 0.2) is 42.5 Å². The molecule has 31 heavy (non-hydrogen) atoms. The molecule has 3 rings (SSSR count). The normalized spacial score (nSPS) is 16.9. The minimum atomic E-state index is -0.716. The molecule has 166 valence electrons. The molecule has 8 heteroatoms. The quantitative estimate of drug-likeness (QED) is 0.380. The van der Waals surface area contributed by atoms with Crippen molar-refractivity contribution in [2.24, 2.45) is 0 Å². The standard InChI is InChI=1S/C23H30AsN3O4/c1-24-21-7-3-5-17(26-21)12-14-31-18-10-8-16(9-11-18)15-20(23(29)30-2)27-22(28)19-6-4-13-25-19/h3,5,7-11,19-20,24-25H,4,6,12-15H2,1-2H3,(H,27,28)/t19?,20-/m0/s1. The Bertz CT molecular complexity index is 869. The second-order valence-corrected chi connectivity index (χ2v) is 9.57. The second-order valence-electron chi connectivity index (χ2n) is 7.44. The molecule has 0 radical (unpaired) electrons. The zero-order chi connectivity index (χ0) is 22.1. The van der Waals surface area contributed by atoms with Gasteiger partial charge in [0.1, 0.15) is 0 Å². The Kier molecular flexibility index (Phi) is 8.92. The third-order valence-electron chi connectivity index (χ3n) is 5.23. The Morgan fingerprint density at radius 3 is 2.74 bits per heavy atom. The summed E-state index contributed by atoms with van der Waals surface area (Å²) in [4.78, 5) is 29.2. The van der Waals surface area contributed by atoms with E-state index in [1.165, 1.54) is 11.6 Å². The molecule has 1 fully saturated rings. The minimum Gasteiger partial charge on any atom is -0.341 e. The van der Waals surface area contributed by atoms with Crippen molar-refractivity contribution in [2.75, 3.05) is 20.3 Å². The molecule has 1 aromatic carbocycles. The molecule has 1 aliphatic heterocycles. The topological polar surface area (TPSA) is 89.6 Å². The number of esters is 1. The molecule has 1 saturated heterocycles. The maximum Gasteiger partial charge on any atom is 0.237 e. The number of carbonyl (C=O) groups is 2. The summed E-state index contributed by atoms with van der Waals surface area (Å²) in [5, 5.41) is 5.97. The average Bonchev–Trinajstić information content (AvgIpc) is 3.34.